The molecule has 130 valence electrons. The molecule has 2 aromatic rings. The molecule has 0 atom stereocenters. The molecule has 3 rings (SSSR count). The Labute approximate surface area is 145 Å². The number of carbonyl (C=O) groups is 1. The third-order valence-electron chi connectivity index (χ3n) is 4.75. The van der Waals surface area contributed by atoms with E-state index in [2.05, 4.69) is 26.7 Å². The molecule has 0 radical (unpaired) electrons. The fourth-order valence-electron chi connectivity index (χ4n) is 3.37. The number of aromatic nitrogens is 2. The quantitative estimate of drug-likeness (QED) is 0.425. The standard InChI is InChI=1S/C17H21N7O/c18-7-12-9-22-15-14(12)13(5-6-21-15)24-16(25)11-3-1-10(2-4-11)8-23-17(19)20/h5-6,9-11H,1-4,8H2,(H4,19,20,23)(H2,21,22,24,25). The zero-order valence-corrected chi connectivity index (χ0v) is 13.8. The number of carbonyl (C=O) groups excluding carboxylic acids is 1. The van der Waals surface area contributed by atoms with Gasteiger partial charge in [0.2, 0.25) is 5.91 Å². The molecule has 25 heavy (non-hydrogen) atoms. The van der Waals surface area contributed by atoms with E-state index >= 15 is 0 Å². The van der Waals surface area contributed by atoms with Crippen LogP contribution in [-0.4, -0.2) is 28.4 Å². The summed E-state index contributed by atoms with van der Waals surface area (Å²) in [6.07, 6.45) is 6.68. The van der Waals surface area contributed by atoms with Gasteiger partial charge in [0.05, 0.1) is 16.6 Å². The second-order valence-electron chi connectivity index (χ2n) is 6.40. The molecule has 0 unspecified atom stereocenters. The van der Waals surface area contributed by atoms with Gasteiger partial charge in [-0.25, -0.2) is 4.98 Å². The number of nitrogens with two attached hydrogens (primary N) is 1. The summed E-state index contributed by atoms with van der Waals surface area (Å²) in [6, 6.07) is 3.83. The number of nitriles is 1. The van der Waals surface area contributed by atoms with Gasteiger partial charge in [0.15, 0.2) is 5.96 Å². The average molecular weight is 339 g/mol. The van der Waals surface area contributed by atoms with Gasteiger partial charge in [-0.2, -0.15) is 5.26 Å². The SMILES string of the molecule is N#Cc1c[nH]c2nccc(NC(=O)C3CCC(CNC(=N)N)CC3)c12. The first-order valence-corrected chi connectivity index (χ1v) is 8.33. The van der Waals surface area contributed by atoms with Crippen LogP contribution in [0.2, 0.25) is 0 Å². The number of hydrogen-bond donors (Lipinski definition) is 5. The minimum absolute atomic E-state index is 0.0126. The zero-order valence-electron chi connectivity index (χ0n) is 13.8. The van der Waals surface area contributed by atoms with Crippen molar-refractivity contribution >= 4 is 28.6 Å². The molecule has 0 aromatic carbocycles. The van der Waals surface area contributed by atoms with Crippen LogP contribution in [-0.2, 0) is 4.79 Å². The van der Waals surface area contributed by atoms with Crippen molar-refractivity contribution in [1.82, 2.24) is 15.3 Å². The molecule has 6 N–H and O–H groups in total. The van der Waals surface area contributed by atoms with Crippen molar-refractivity contribution in [1.29, 1.82) is 10.7 Å². The smallest absolute Gasteiger partial charge is 0.227 e. The molecule has 0 bridgehead atoms. The first-order chi connectivity index (χ1) is 12.1. The van der Waals surface area contributed by atoms with Crippen molar-refractivity contribution in [2.45, 2.75) is 25.7 Å². The van der Waals surface area contributed by atoms with Gasteiger partial charge in [-0.1, -0.05) is 0 Å². The number of guanidine groups is 1. The van der Waals surface area contributed by atoms with Gasteiger partial charge < -0.3 is 21.4 Å². The summed E-state index contributed by atoms with van der Waals surface area (Å²) < 4.78 is 0. The Kier molecular flexibility index (Phi) is 4.84. The fraction of sp³-hybridized carbons (Fsp3) is 0.412. The van der Waals surface area contributed by atoms with Crippen molar-refractivity contribution in [3.05, 3.63) is 24.0 Å². The van der Waals surface area contributed by atoms with Crippen LogP contribution in [0.15, 0.2) is 18.5 Å². The highest BCUT2D eigenvalue weighted by Crippen LogP contribution is 2.31. The summed E-state index contributed by atoms with van der Waals surface area (Å²) in [7, 11) is 0. The van der Waals surface area contributed by atoms with Crippen molar-refractivity contribution < 1.29 is 4.79 Å². The van der Waals surface area contributed by atoms with E-state index in [4.69, 9.17) is 11.1 Å². The average Bonchev–Trinajstić information content (AvgIpc) is 3.04. The van der Waals surface area contributed by atoms with Crippen molar-refractivity contribution in [2.75, 3.05) is 11.9 Å². The number of hydrogen-bond acceptors (Lipinski definition) is 4. The number of aromatic amines is 1. The predicted molar refractivity (Wildman–Crippen MR) is 94.8 cm³/mol. The first-order valence-electron chi connectivity index (χ1n) is 8.33. The second kappa shape index (κ2) is 7.21. The number of nitrogens with one attached hydrogen (secondary N) is 4. The maximum atomic E-state index is 12.6. The lowest BCUT2D eigenvalue weighted by Crippen LogP contribution is -2.36. The Morgan fingerprint density at radius 3 is 2.88 bits per heavy atom. The summed E-state index contributed by atoms with van der Waals surface area (Å²) in [5.74, 6) is 0.369. The van der Waals surface area contributed by atoms with Crippen LogP contribution in [0.1, 0.15) is 31.2 Å². The molecule has 8 nitrogen and oxygen atoms in total. The molecule has 1 aliphatic rings. The summed E-state index contributed by atoms with van der Waals surface area (Å²) in [5, 5.41) is 22.9. The minimum Gasteiger partial charge on any atom is -0.370 e. The molecular weight excluding hydrogens is 318 g/mol. The maximum absolute atomic E-state index is 12.6. The lowest BCUT2D eigenvalue weighted by molar-refractivity contribution is -0.121. The number of rotatable bonds is 4. The normalized spacial score (nSPS) is 20.0. The monoisotopic (exact) mass is 339 g/mol. The van der Waals surface area contributed by atoms with E-state index in [1.807, 2.05) is 0 Å². The van der Waals surface area contributed by atoms with E-state index in [0.29, 0.717) is 34.7 Å². The summed E-state index contributed by atoms with van der Waals surface area (Å²) in [6.45, 7) is 0.684. The molecule has 8 heteroatoms. The highest BCUT2D eigenvalue weighted by molar-refractivity contribution is 6.03. The summed E-state index contributed by atoms with van der Waals surface area (Å²) in [5.41, 5.74) is 6.99. The van der Waals surface area contributed by atoms with Crippen LogP contribution < -0.4 is 16.4 Å². The Morgan fingerprint density at radius 1 is 1.44 bits per heavy atom. The maximum Gasteiger partial charge on any atom is 0.227 e. The van der Waals surface area contributed by atoms with Gasteiger partial charge in [-0.15, -0.1) is 0 Å². The van der Waals surface area contributed by atoms with Gasteiger partial charge in [0.1, 0.15) is 11.7 Å². The first kappa shape index (κ1) is 16.8. The van der Waals surface area contributed by atoms with Crippen molar-refractivity contribution in [3.8, 4) is 6.07 Å². The fourth-order valence-corrected chi connectivity index (χ4v) is 3.37. The van der Waals surface area contributed by atoms with E-state index in [1.165, 1.54) is 0 Å². The van der Waals surface area contributed by atoms with E-state index in [0.717, 1.165) is 25.7 Å². The number of pyridine rings is 1. The lowest BCUT2D eigenvalue weighted by atomic mass is 9.81. The van der Waals surface area contributed by atoms with Gasteiger partial charge >= 0.3 is 0 Å². The van der Waals surface area contributed by atoms with Gasteiger partial charge in [0.25, 0.3) is 0 Å². The molecule has 2 aromatic heterocycles. The molecule has 1 saturated carbocycles. The van der Waals surface area contributed by atoms with E-state index in [-0.39, 0.29) is 17.8 Å². The van der Waals surface area contributed by atoms with E-state index in [9.17, 15) is 10.1 Å². The van der Waals surface area contributed by atoms with Crippen molar-refractivity contribution in [2.24, 2.45) is 17.6 Å². The van der Waals surface area contributed by atoms with Crippen molar-refractivity contribution in [3.63, 3.8) is 0 Å². The van der Waals surface area contributed by atoms with E-state index < -0.39 is 0 Å². The second-order valence-corrected chi connectivity index (χ2v) is 6.40. The molecule has 1 amide bonds. The third kappa shape index (κ3) is 3.71. The van der Waals surface area contributed by atoms with Crippen LogP contribution in [0.25, 0.3) is 11.0 Å². The molecule has 2 heterocycles. The summed E-state index contributed by atoms with van der Waals surface area (Å²) in [4.78, 5) is 19.7. The number of nitrogens with zero attached hydrogens (tertiary/aromatic N) is 2. The molecule has 0 spiro atoms. The van der Waals surface area contributed by atoms with E-state index in [1.54, 1.807) is 18.5 Å². The Bertz CT molecular complexity index is 827. The van der Waals surface area contributed by atoms with Crippen LogP contribution >= 0.6 is 0 Å². The molecule has 0 aliphatic heterocycles. The highest BCUT2D eigenvalue weighted by atomic mass is 16.1. The molecule has 1 fully saturated rings. The highest BCUT2D eigenvalue weighted by Gasteiger charge is 2.27. The Hall–Kier alpha value is -3.08. The van der Waals surface area contributed by atoms with Gasteiger partial charge in [-0.05, 0) is 37.7 Å². The number of amides is 1. The lowest BCUT2D eigenvalue weighted by Gasteiger charge is -2.28. The molecular formula is C17H21N7O. The topological polar surface area (TPSA) is 143 Å². The number of fused-ring (bicyclic) bond motifs is 1. The van der Waals surface area contributed by atoms with Crippen LogP contribution in [0.4, 0.5) is 5.69 Å². The number of H-pyrrole nitrogens is 1. The largest absolute Gasteiger partial charge is 0.370 e. The van der Waals surface area contributed by atoms with Crippen LogP contribution in [0, 0.1) is 28.6 Å². The summed E-state index contributed by atoms with van der Waals surface area (Å²) >= 11 is 0. The molecule has 0 saturated heterocycles. The predicted octanol–water partition coefficient (Wildman–Crippen LogP) is 1.66. The van der Waals surface area contributed by atoms with Gasteiger partial charge in [0, 0.05) is 24.9 Å². The number of anilines is 1. The molecule has 1 aliphatic carbocycles. The third-order valence-corrected chi connectivity index (χ3v) is 4.75. The zero-order chi connectivity index (χ0) is 17.8. The Morgan fingerprint density at radius 2 is 2.20 bits per heavy atom. The van der Waals surface area contributed by atoms with Gasteiger partial charge in [-0.3, -0.25) is 10.2 Å². The minimum atomic E-state index is -0.0405. The Balaban J connectivity index is 1.63. The van der Waals surface area contributed by atoms with Crippen LogP contribution in [0.3, 0.4) is 0 Å². The van der Waals surface area contributed by atoms with Crippen LogP contribution in [0.5, 0.6) is 0 Å².